The molecule has 0 aliphatic heterocycles. The van der Waals surface area contributed by atoms with Crippen LogP contribution < -0.4 is 0 Å². The van der Waals surface area contributed by atoms with Gasteiger partial charge in [-0.1, -0.05) is 0 Å². The van der Waals surface area contributed by atoms with Crippen LogP contribution in [0, 0.1) is 0 Å². The highest BCUT2D eigenvalue weighted by Crippen LogP contribution is 2.05. The predicted octanol–water partition coefficient (Wildman–Crippen LogP) is 1.10. The lowest BCUT2D eigenvalue weighted by Gasteiger charge is -2.14. The average Bonchev–Trinajstić information content (AvgIpc) is 2.71. The Labute approximate surface area is 87.9 Å². The highest BCUT2D eigenvalue weighted by atomic mass is 16.6. The van der Waals surface area contributed by atoms with Gasteiger partial charge in [-0.3, -0.25) is 0 Å². The molecule has 0 aliphatic carbocycles. The fourth-order valence-electron chi connectivity index (χ4n) is 1.09. The van der Waals surface area contributed by atoms with Crippen molar-refractivity contribution in [3.05, 3.63) is 24.2 Å². The Bertz CT molecular complexity index is 274. The van der Waals surface area contributed by atoms with E-state index in [2.05, 4.69) is 0 Å². The second kappa shape index (κ2) is 6.21. The average molecular weight is 214 g/mol. The molecule has 84 valence electrons. The van der Waals surface area contributed by atoms with Crippen molar-refractivity contribution >= 4 is 5.97 Å². The highest BCUT2D eigenvalue weighted by molar-refractivity contribution is 5.86. The Morgan fingerprint density at radius 1 is 1.40 bits per heavy atom. The van der Waals surface area contributed by atoms with E-state index >= 15 is 0 Å². The maximum atomic E-state index is 11.4. The molecule has 1 aromatic rings. The SMILES string of the molecule is COCC(COC)OC(=O)c1ccco1. The van der Waals surface area contributed by atoms with Crippen LogP contribution in [-0.4, -0.2) is 39.5 Å². The first-order valence-corrected chi connectivity index (χ1v) is 4.50. The Hall–Kier alpha value is -1.33. The molecule has 1 aromatic heterocycles. The van der Waals surface area contributed by atoms with Crippen LogP contribution in [0.25, 0.3) is 0 Å². The number of methoxy groups -OCH3 is 2. The largest absolute Gasteiger partial charge is 0.457 e. The summed E-state index contributed by atoms with van der Waals surface area (Å²) in [7, 11) is 3.06. The quantitative estimate of drug-likeness (QED) is 0.663. The van der Waals surface area contributed by atoms with Crippen molar-refractivity contribution in [1.82, 2.24) is 0 Å². The molecule has 0 saturated heterocycles. The van der Waals surface area contributed by atoms with Gasteiger partial charge in [0.25, 0.3) is 0 Å². The number of carbonyl (C=O) groups is 1. The highest BCUT2D eigenvalue weighted by Gasteiger charge is 2.17. The van der Waals surface area contributed by atoms with Crippen LogP contribution in [0.3, 0.4) is 0 Å². The molecule has 0 saturated carbocycles. The van der Waals surface area contributed by atoms with Gasteiger partial charge >= 0.3 is 5.97 Å². The third-order valence-corrected chi connectivity index (χ3v) is 1.70. The number of hydrogen-bond donors (Lipinski definition) is 0. The molecule has 5 nitrogen and oxygen atoms in total. The van der Waals surface area contributed by atoms with Crippen LogP contribution in [0.2, 0.25) is 0 Å². The lowest BCUT2D eigenvalue weighted by molar-refractivity contribution is -0.0244. The monoisotopic (exact) mass is 214 g/mol. The first-order chi connectivity index (χ1) is 7.27. The Morgan fingerprint density at radius 2 is 2.07 bits per heavy atom. The van der Waals surface area contributed by atoms with E-state index in [1.807, 2.05) is 0 Å². The van der Waals surface area contributed by atoms with Gasteiger partial charge in [-0.15, -0.1) is 0 Å². The van der Waals surface area contributed by atoms with Gasteiger partial charge < -0.3 is 18.6 Å². The zero-order valence-corrected chi connectivity index (χ0v) is 8.76. The zero-order chi connectivity index (χ0) is 11.1. The minimum Gasteiger partial charge on any atom is -0.457 e. The summed E-state index contributed by atoms with van der Waals surface area (Å²) in [6.07, 6.45) is 0.996. The topological polar surface area (TPSA) is 57.9 Å². The van der Waals surface area contributed by atoms with Gasteiger partial charge in [-0.05, 0) is 12.1 Å². The molecule has 0 atom stereocenters. The van der Waals surface area contributed by atoms with E-state index in [0.29, 0.717) is 13.2 Å². The summed E-state index contributed by atoms with van der Waals surface area (Å²) in [4.78, 5) is 11.4. The molecule has 0 spiro atoms. The van der Waals surface area contributed by atoms with Gasteiger partial charge in [0.05, 0.1) is 19.5 Å². The molecule has 0 aromatic carbocycles. The molecule has 0 unspecified atom stereocenters. The molecule has 1 heterocycles. The number of furan rings is 1. The summed E-state index contributed by atoms with van der Waals surface area (Å²) in [5.74, 6) is -0.341. The number of hydrogen-bond acceptors (Lipinski definition) is 5. The third-order valence-electron chi connectivity index (χ3n) is 1.70. The maximum Gasteiger partial charge on any atom is 0.374 e. The maximum absolute atomic E-state index is 11.4. The van der Waals surface area contributed by atoms with E-state index < -0.39 is 12.1 Å². The molecule has 5 heteroatoms. The fraction of sp³-hybridized carbons (Fsp3) is 0.500. The summed E-state index contributed by atoms with van der Waals surface area (Å²) in [5.41, 5.74) is 0. The molecular formula is C10H14O5. The van der Waals surface area contributed by atoms with Crippen LogP contribution in [-0.2, 0) is 14.2 Å². The van der Waals surface area contributed by atoms with Crippen molar-refractivity contribution in [3.8, 4) is 0 Å². The predicted molar refractivity (Wildman–Crippen MR) is 51.7 cm³/mol. The summed E-state index contributed by atoms with van der Waals surface area (Å²) >= 11 is 0. The van der Waals surface area contributed by atoms with E-state index in [1.165, 1.54) is 20.5 Å². The standard InChI is InChI=1S/C10H14O5/c1-12-6-8(7-13-2)15-10(11)9-4-3-5-14-9/h3-5,8H,6-7H2,1-2H3. The molecule has 0 aliphatic rings. The van der Waals surface area contributed by atoms with Gasteiger partial charge in [0, 0.05) is 14.2 Å². The Kier molecular flexibility index (Phi) is 4.86. The van der Waals surface area contributed by atoms with Crippen LogP contribution in [0.5, 0.6) is 0 Å². The van der Waals surface area contributed by atoms with Crippen LogP contribution in [0.1, 0.15) is 10.6 Å². The first kappa shape index (κ1) is 11.7. The normalized spacial score (nSPS) is 10.6. The van der Waals surface area contributed by atoms with Crippen LogP contribution >= 0.6 is 0 Å². The van der Waals surface area contributed by atoms with E-state index in [4.69, 9.17) is 18.6 Å². The molecule has 0 fully saturated rings. The van der Waals surface area contributed by atoms with Crippen molar-refractivity contribution in [2.45, 2.75) is 6.10 Å². The third kappa shape index (κ3) is 3.73. The first-order valence-electron chi connectivity index (χ1n) is 4.50. The van der Waals surface area contributed by atoms with Crippen molar-refractivity contribution in [2.75, 3.05) is 27.4 Å². The second-order valence-electron chi connectivity index (χ2n) is 2.92. The fourth-order valence-corrected chi connectivity index (χ4v) is 1.09. The second-order valence-corrected chi connectivity index (χ2v) is 2.92. The summed E-state index contributed by atoms with van der Waals surface area (Å²) in [5, 5.41) is 0. The number of carbonyl (C=O) groups excluding carboxylic acids is 1. The smallest absolute Gasteiger partial charge is 0.374 e. The van der Waals surface area contributed by atoms with E-state index in [1.54, 1.807) is 12.1 Å². The zero-order valence-electron chi connectivity index (χ0n) is 8.76. The molecule has 15 heavy (non-hydrogen) atoms. The van der Waals surface area contributed by atoms with E-state index in [-0.39, 0.29) is 5.76 Å². The number of esters is 1. The van der Waals surface area contributed by atoms with Gasteiger partial charge in [0.2, 0.25) is 5.76 Å². The Morgan fingerprint density at radius 3 is 2.53 bits per heavy atom. The van der Waals surface area contributed by atoms with Gasteiger partial charge in [-0.2, -0.15) is 0 Å². The Balaban J connectivity index is 2.47. The van der Waals surface area contributed by atoms with E-state index in [9.17, 15) is 4.79 Å². The number of ether oxygens (including phenoxy) is 3. The number of rotatable bonds is 6. The van der Waals surface area contributed by atoms with E-state index in [0.717, 1.165) is 0 Å². The van der Waals surface area contributed by atoms with Crippen molar-refractivity contribution in [1.29, 1.82) is 0 Å². The molecule has 1 rings (SSSR count). The lowest BCUT2D eigenvalue weighted by atomic mass is 10.4. The van der Waals surface area contributed by atoms with Gasteiger partial charge in [0.1, 0.15) is 6.10 Å². The molecule has 0 N–H and O–H groups in total. The summed E-state index contributed by atoms with van der Waals surface area (Å²) in [6.45, 7) is 0.584. The van der Waals surface area contributed by atoms with Gasteiger partial charge in [0.15, 0.2) is 0 Å². The molecule has 0 radical (unpaired) electrons. The molecule has 0 amide bonds. The van der Waals surface area contributed by atoms with Gasteiger partial charge in [-0.25, -0.2) is 4.79 Å². The van der Waals surface area contributed by atoms with Crippen LogP contribution in [0.4, 0.5) is 0 Å². The molecular weight excluding hydrogens is 200 g/mol. The summed E-state index contributed by atoms with van der Waals surface area (Å²) < 4.78 is 19.8. The minimum absolute atomic E-state index is 0.173. The van der Waals surface area contributed by atoms with Crippen molar-refractivity contribution < 1.29 is 23.4 Å². The van der Waals surface area contributed by atoms with Crippen LogP contribution in [0.15, 0.2) is 22.8 Å². The molecule has 0 bridgehead atoms. The minimum atomic E-state index is -0.515. The lowest BCUT2D eigenvalue weighted by Crippen LogP contribution is -2.27. The van der Waals surface area contributed by atoms with Crippen molar-refractivity contribution in [2.24, 2.45) is 0 Å². The summed E-state index contributed by atoms with van der Waals surface area (Å²) in [6, 6.07) is 3.16. The van der Waals surface area contributed by atoms with Crippen molar-refractivity contribution in [3.63, 3.8) is 0 Å².